The van der Waals surface area contributed by atoms with E-state index in [2.05, 4.69) is 41.4 Å². The fourth-order valence-electron chi connectivity index (χ4n) is 4.18. The minimum Gasteiger partial charge on any atom is -0.345 e. The van der Waals surface area contributed by atoms with Gasteiger partial charge in [0.05, 0.1) is 23.0 Å². The van der Waals surface area contributed by atoms with Gasteiger partial charge in [-0.05, 0) is 48.0 Å². The van der Waals surface area contributed by atoms with E-state index in [1.54, 1.807) is 6.33 Å². The zero-order chi connectivity index (χ0) is 22.5. The third-order valence-electron chi connectivity index (χ3n) is 5.94. The molecule has 0 spiro atoms. The molecule has 9 nitrogen and oxygen atoms in total. The Bertz CT molecular complexity index is 1700. The fourth-order valence-corrected chi connectivity index (χ4v) is 4.18. The molecule has 3 aromatic carbocycles. The summed E-state index contributed by atoms with van der Waals surface area (Å²) in [5.74, 6) is 2.65. The van der Waals surface area contributed by atoms with Crippen molar-refractivity contribution < 1.29 is 0 Å². The molecule has 1 aliphatic heterocycles. The number of aromatic nitrogens is 8. The number of imidazole rings is 1. The quantitative estimate of drug-likeness (QED) is 0.363. The van der Waals surface area contributed by atoms with Crippen LogP contribution in [0.4, 0.5) is 5.69 Å². The van der Waals surface area contributed by atoms with Gasteiger partial charge >= 0.3 is 0 Å². The number of fused-ring (bicyclic) bond motifs is 2. The van der Waals surface area contributed by atoms with Crippen LogP contribution in [0.3, 0.4) is 0 Å². The molecule has 7 rings (SSSR count). The number of H-pyrrole nitrogens is 3. The van der Waals surface area contributed by atoms with E-state index < -0.39 is 0 Å². The lowest BCUT2D eigenvalue weighted by molar-refractivity contribution is 1.10. The van der Waals surface area contributed by atoms with Gasteiger partial charge in [-0.1, -0.05) is 18.2 Å². The van der Waals surface area contributed by atoms with Crippen LogP contribution in [0.2, 0.25) is 0 Å². The molecule has 0 bridgehead atoms. The van der Waals surface area contributed by atoms with Crippen molar-refractivity contribution in [2.75, 3.05) is 0 Å². The summed E-state index contributed by atoms with van der Waals surface area (Å²) in [6.45, 7) is 0. The molecule has 0 unspecified atom stereocenters. The molecule has 0 radical (unpaired) electrons. The Morgan fingerprint density at radius 1 is 0.706 bits per heavy atom. The topological polar surface area (TPSA) is 124 Å². The molecule has 0 saturated carbocycles. The highest BCUT2D eigenvalue weighted by atomic mass is 15.2. The van der Waals surface area contributed by atoms with Gasteiger partial charge in [0.25, 0.3) is 0 Å². The molecule has 0 amide bonds. The van der Waals surface area contributed by atoms with Gasteiger partial charge in [-0.25, -0.2) is 15.0 Å². The van der Waals surface area contributed by atoms with Gasteiger partial charge in [-0.15, -0.1) is 0 Å². The van der Waals surface area contributed by atoms with E-state index in [9.17, 15) is 0 Å². The number of hydrogen-bond acceptors (Lipinski definition) is 6. The molecule has 0 saturated heterocycles. The molecule has 4 heterocycles. The Balaban J connectivity index is 1.19. The van der Waals surface area contributed by atoms with Crippen LogP contribution in [-0.4, -0.2) is 46.5 Å². The molecule has 0 aliphatic carbocycles. The SMILES string of the molecule is C1=Nc2ccc(-c3nc(-c4cccc(-c5n[nH]c(-c6ccc7nc[nH]c7c6)n5)c4)n[nH]3)cc2C1. The molecule has 1 aliphatic rings. The van der Waals surface area contributed by atoms with E-state index in [0.29, 0.717) is 17.5 Å². The van der Waals surface area contributed by atoms with E-state index in [0.717, 1.165) is 51.2 Å². The minimum atomic E-state index is 0.607. The lowest BCUT2D eigenvalue weighted by Gasteiger charge is -2.01. The highest BCUT2D eigenvalue weighted by Crippen LogP contribution is 2.30. The van der Waals surface area contributed by atoms with Gasteiger partial charge in [-0.2, -0.15) is 10.2 Å². The van der Waals surface area contributed by atoms with Gasteiger partial charge in [-0.3, -0.25) is 15.2 Å². The summed E-state index contributed by atoms with van der Waals surface area (Å²) >= 11 is 0. The number of rotatable bonds is 4. The van der Waals surface area contributed by atoms with Crippen molar-refractivity contribution in [3.8, 4) is 45.6 Å². The summed E-state index contributed by atoms with van der Waals surface area (Å²) in [7, 11) is 0. The van der Waals surface area contributed by atoms with Crippen LogP contribution in [0, 0.1) is 0 Å². The Labute approximate surface area is 193 Å². The smallest absolute Gasteiger partial charge is 0.181 e. The molecule has 0 fully saturated rings. The van der Waals surface area contributed by atoms with Gasteiger partial charge in [0, 0.05) is 34.9 Å². The van der Waals surface area contributed by atoms with Crippen LogP contribution in [0.5, 0.6) is 0 Å². The standard InChI is InChI=1S/C25H17N9/c1-2-15(22-29-24(33-31-22)17-4-6-19-14(10-17)8-9-26-19)11-16(3-1)23-30-25(34-32-23)18-5-7-20-21(12-18)28-13-27-20/h1-7,9-13H,8H2,(H,27,28)(H,29,31,33)(H,30,32,34). The largest absolute Gasteiger partial charge is 0.345 e. The number of aromatic amines is 3. The third kappa shape index (κ3) is 3.10. The van der Waals surface area contributed by atoms with Gasteiger partial charge in [0.15, 0.2) is 23.3 Å². The van der Waals surface area contributed by atoms with E-state index in [4.69, 9.17) is 9.97 Å². The average molecular weight is 443 g/mol. The highest BCUT2D eigenvalue weighted by Gasteiger charge is 2.14. The first kappa shape index (κ1) is 18.6. The molecule has 3 N–H and O–H groups in total. The molecule has 6 aromatic rings. The predicted molar refractivity (Wildman–Crippen MR) is 130 cm³/mol. The van der Waals surface area contributed by atoms with E-state index in [1.807, 2.05) is 60.8 Å². The molecular formula is C25H17N9. The van der Waals surface area contributed by atoms with Crippen molar-refractivity contribution >= 4 is 22.9 Å². The zero-order valence-electron chi connectivity index (χ0n) is 17.8. The summed E-state index contributed by atoms with van der Waals surface area (Å²) < 4.78 is 0. The van der Waals surface area contributed by atoms with Gasteiger partial charge in [0.2, 0.25) is 0 Å². The van der Waals surface area contributed by atoms with Gasteiger partial charge in [0.1, 0.15) is 0 Å². The Morgan fingerprint density at radius 3 is 2.24 bits per heavy atom. The van der Waals surface area contributed by atoms with Crippen molar-refractivity contribution in [1.29, 1.82) is 0 Å². The number of hydrogen-bond donors (Lipinski definition) is 3. The van der Waals surface area contributed by atoms with Crippen LogP contribution >= 0.6 is 0 Å². The summed E-state index contributed by atoms with van der Waals surface area (Å²) in [6.07, 6.45) is 4.45. The zero-order valence-corrected chi connectivity index (χ0v) is 17.8. The molecule has 9 heteroatoms. The van der Waals surface area contributed by atoms with Crippen LogP contribution < -0.4 is 0 Å². The van der Waals surface area contributed by atoms with Crippen LogP contribution in [0.15, 0.2) is 72.0 Å². The second kappa shape index (κ2) is 7.31. The maximum atomic E-state index is 4.72. The Morgan fingerprint density at radius 2 is 1.44 bits per heavy atom. The molecule has 3 aromatic heterocycles. The maximum absolute atomic E-state index is 4.72. The molecule has 162 valence electrons. The number of benzene rings is 3. The van der Waals surface area contributed by atoms with Crippen molar-refractivity contribution in [3.63, 3.8) is 0 Å². The molecular weight excluding hydrogens is 426 g/mol. The van der Waals surface area contributed by atoms with E-state index in [-0.39, 0.29) is 0 Å². The summed E-state index contributed by atoms with van der Waals surface area (Å²) in [5, 5.41) is 15.0. The van der Waals surface area contributed by atoms with Crippen molar-refractivity contribution in [3.05, 3.63) is 72.6 Å². The fraction of sp³-hybridized carbons (Fsp3) is 0.0400. The van der Waals surface area contributed by atoms with Crippen LogP contribution in [0.1, 0.15) is 5.56 Å². The first-order valence-electron chi connectivity index (χ1n) is 10.9. The summed E-state index contributed by atoms with van der Waals surface area (Å²) in [5.41, 5.74) is 7.77. The Hall–Kier alpha value is -4.92. The minimum absolute atomic E-state index is 0.607. The lowest BCUT2D eigenvalue weighted by atomic mass is 10.1. The molecule has 0 atom stereocenters. The first-order valence-corrected chi connectivity index (χ1v) is 10.9. The average Bonchev–Trinajstić information content (AvgIpc) is 3.69. The maximum Gasteiger partial charge on any atom is 0.181 e. The normalized spacial score (nSPS) is 12.5. The van der Waals surface area contributed by atoms with Crippen molar-refractivity contribution in [1.82, 2.24) is 40.3 Å². The predicted octanol–water partition coefficient (Wildman–Crippen LogP) is 4.73. The van der Waals surface area contributed by atoms with Crippen molar-refractivity contribution in [2.45, 2.75) is 6.42 Å². The summed E-state index contributed by atoms with van der Waals surface area (Å²) in [6, 6.07) is 20.0. The van der Waals surface area contributed by atoms with Crippen LogP contribution in [0.25, 0.3) is 56.6 Å². The van der Waals surface area contributed by atoms with E-state index >= 15 is 0 Å². The third-order valence-corrected chi connectivity index (χ3v) is 5.94. The number of nitrogens with zero attached hydrogens (tertiary/aromatic N) is 6. The van der Waals surface area contributed by atoms with E-state index in [1.165, 1.54) is 5.56 Å². The molecule has 34 heavy (non-hydrogen) atoms. The Kier molecular flexibility index (Phi) is 4.01. The monoisotopic (exact) mass is 443 g/mol. The number of nitrogens with one attached hydrogen (secondary N) is 3. The first-order chi connectivity index (χ1) is 16.8. The number of aliphatic imine (C=N–C) groups is 1. The summed E-state index contributed by atoms with van der Waals surface area (Å²) in [4.78, 5) is 21.2. The van der Waals surface area contributed by atoms with Crippen LogP contribution in [-0.2, 0) is 6.42 Å². The highest BCUT2D eigenvalue weighted by molar-refractivity contribution is 5.80. The lowest BCUT2D eigenvalue weighted by Crippen LogP contribution is -1.86. The second-order valence-electron chi connectivity index (χ2n) is 8.09. The van der Waals surface area contributed by atoms with Crippen molar-refractivity contribution in [2.24, 2.45) is 4.99 Å². The second-order valence-corrected chi connectivity index (χ2v) is 8.09. The van der Waals surface area contributed by atoms with Gasteiger partial charge < -0.3 is 4.98 Å².